The molecule has 0 amide bonds. The Balaban J connectivity index is 0.00000225. The maximum atomic E-state index is 5.72. The molecule has 5 nitrogen and oxygen atoms in total. The summed E-state index contributed by atoms with van der Waals surface area (Å²) in [5, 5.41) is 6.61. The van der Waals surface area contributed by atoms with Gasteiger partial charge in [-0.3, -0.25) is 4.99 Å². The monoisotopic (exact) mass is 453 g/mol. The van der Waals surface area contributed by atoms with Crippen molar-refractivity contribution in [3.8, 4) is 11.5 Å². The quantitative estimate of drug-likeness (QED) is 0.421. The molecule has 0 unspecified atom stereocenters. The number of rotatable bonds is 4. The number of aliphatic imine (C=N–C) groups is 1. The first-order valence-electron chi connectivity index (χ1n) is 8.26. The van der Waals surface area contributed by atoms with Crippen molar-refractivity contribution >= 4 is 35.6 Å². The van der Waals surface area contributed by atoms with Crippen LogP contribution in [0, 0.1) is 0 Å². The number of benzene rings is 2. The first-order valence-corrected chi connectivity index (χ1v) is 8.26. The molecule has 2 aromatic rings. The zero-order valence-corrected chi connectivity index (χ0v) is 16.7. The van der Waals surface area contributed by atoms with Crippen LogP contribution >= 0.6 is 24.0 Å². The molecule has 6 heteroatoms. The van der Waals surface area contributed by atoms with Gasteiger partial charge in [-0.25, -0.2) is 0 Å². The molecular weight excluding hydrogens is 429 g/mol. The van der Waals surface area contributed by atoms with Crippen molar-refractivity contribution in [1.82, 2.24) is 5.32 Å². The minimum absolute atomic E-state index is 0. The van der Waals surface area contributed by atoms with Crippen molar-refractivity contribution in [2.24, 2.45) is 4.99 Å². The number of halogens is 1. The van der Waals surface area contributed by atoms with Gasteiger partial charge in [-0.05, 0) is 24.1 Å². The summed E-state index contributed by atoms with van der Waals surface area (Å²) in [7, 11) is 1.76. The molecule has 0 spiro atoms. The Morgan fingerprint density at radius 2 is 1.80 bits per heavy atom. The lowest BCUT2D eigenvalue weighted by atomic mass is 10.1. The molecule has 0 atom stereocenters. The first-order chi connectivity index (χ1) is 11.8. The summed E-state index contributed by atoms with van der Waals surface area (Å²) in [6, 6.07) is 16.2. The normalized spacial score (nSPS) is 13.4. The molecule has 1 aliphatic rings. The molecule has 3 rings (SSSR count). The van der Waals surface area contributed by atoms with Crippen LogP contribution in [0.4, 0.5) is 5.69 Å². The van der Waals surface area contributed by atoms with Gasteiger partial charge < -0.3 is 20.1 Å². The second-order valence-corrected chi connectivity index (χ2v) is 5.57. The summed E-state index contributed by atoms with van der Waals surface area (Å²) in [6.45, 7) is 2.19. The van der Waals surface area contributed by atoms with Gasteiger partial charge in [0.25, 0.3) is 0 Å². The lowest BCUT2D eigenvalue weighted by molar-refractivity contribution is 0.297. The molecule has 25 heavy (non-hydrogen) atoms. The van der Waals surface area contributed by atoms with Crippen molar-refractivity contribution in [2.45, 2.75) is 12.8 Å². The highest BCUT2D eigenvalue weighted by molar-refractivity contribution is 14.0. The van der Waals surface area contributed by atoms with Gasteiger partial charge in [0.1, 0.15) is 0 Å². The predicted octanol–water partition coefficient (Wildman–Crippen LogP) is 3.70. The van der Waals surface area contributed by atoms with Crippen LogP contribution in [-0.4, -0.2) is 32.8 Å². The number of nitrogens with one attached hydrogen (secondary N) is 2. The molecule has 0 bridgehead atoms. The molecule has 2 aromatic carbocycles. The Bertz CT molecular complexity index is 692. The zero-order chi connectivity index (χ0) is 16.6. The molecule has 0 radical (unpaired) electrons. The van der Waals surface area contributed by atoms with Gasteiger partial charge in [-0.1, -0.05) is 30.3 Å². The SMILES string of the molecule is CN=C(NCCc1ccccc1)Nc1ccc2c(c1)OCCCO2.I. The highest BCUT2D eigenvalue weighted by Gasteiger charge is 2.11. The first kappa shape index (κ1) is 19.4. The third kappa shape index (κ3) is 5.81. The number of hydrogen-bond acceptors (Lipinski definition) is 3. The van der Waals surface area contributed by atoms with E-state index in [1.165, 1.54) is 5.56 Å². The lowest BCUT2D eigenvalue weighted by Crippen LogP contribution is -2.32. The Hall–Kier alpha value is -1.96. The van der Waals surface area contributed by atoms with Crippen LogP contribution in [0.2, 0.25) is 0 Å². The maximum Gasteiger partial charge on any atom is 0.195 e. The van der Waals surface area contributed by atoms with Crippen LogP contribution in [-0.2, 0) is 6.42 Å². The van der Waals surface area contributed by atoms with E-state index in [9.17, 15) is 0 Å². The minimum atomic E-state index is 0. The summed E-state index contributed by atoms with van der Waals surface area (Å²) < 4.78 is 11.4. The second-order valence-electron chi connectivity index (χ2n) is 5.57. The van der Waals surface area contributed by atoms with Crippen molar-refractivity contribution in [2.75, 3.05) is 32.1 Å². The molecule has 0 fully saturated rings. The summed E-state index contributed by atoms with van der Waals surface area (Å²) >= 11 is 0. The van der Waals surface area contributed by atoms with E-state index in [2.05, 4.69) is 39.9 Å². The minimum Gasteiger partial charge on any atom is -0.490 e. The molecule has 0 aliphatic carbocycles. The highest BCUT2D eigenvalue weighted by atomic mass is 127. The van der Waals surface area contributed by atoms with Crippen LogP contribution in [0.3, 0.4) is 0 Å². The fourth-order valence-corrected chi connectivity index (χ4v) is 2.53. The fourth-order valence-electron chi connectivity index (χ4n) is 2.53. The van der Waals surface area contributed by atoms with E-state index in [-0.39, 0.29) is 24.0 Å². The molecule has 0 saturated heterocycles. The Morgan fingerprint density at radius 3 is 2.56 bits per heavy atom. The largest absolute Gasteiger partial charge is 0.490 e. The number of fused-ring (bicyclic) bond motifs is 1. The van der Waals surface area contributed by atoms with Gasteiger partial charge >= 0.3 is 0 Å². The summed E-state index contributed by atoms with van der Waals surface area (Å²) in [4.78, 5) is 4.27. The Morgan fingerprint density at radius 1 is 1.04 bits per heavy atom. The van der Waals surface area contributed by atoms with E-state index in [1.54, 1.807) is 7.05 Å². The van der Waals surface area contributed by atoms with E-state index >= 15 is 0 Å². The van der Waals surface area contributed by atoms with E-state index in [4.69, 9.17) is 9.47 Å². The second kappa shape index (κ2) is 10.1. The predicted molar refractivity (Wildman–Crippen MR) is 113 cm³/mol. The van der Waals surface area contributed by atoms with E-state index in [0.717, 1.165) is 42.5 Å². The fraction of sp³-hybridized carbons (Fsp3) is 0.316. The number of anilines is 1. The maximum absolute atomic E-state index is 5.72. The molecular formula is C19H24IN3O2. The summed E-state index contributed by atoms with van der Waals surface area (Å²) in [5.74, 6) is 2.31. The van der Waals surface area contributed by atoms with E-state index in [1.807, 2.05) is 24.3 Å². The van der Waals surface area contributed by atoms with E-state index < -0.39 is 0 Å². The van der Waals surface area contributed by atoms with Gasteiger partial charge in [0.05, 0.1) is 13.2 Å². The van der Waals surface area contributed by atoms with Gasteiger partial charge in [-0.2, -0.15) is 0 Å². The average molecular weight is 453 g/mol. The summed E-state index contributed by atoms with van der Waals surface area (Å²) in [5.41, 5.74) is 2.23. The highest BCUT2D eigenvalue weighted by Crippen LogP contribution is 2.32. The van der Waals surface area contributed by atoms with Crippen LogP contribution in [0.5, 0.6) is 11.5 Å². The van der Waals surface area contributed by atoms with Crippen LogP contribution in [0.25, 0.3) is 0 Å². The van der Waals surface area contributed by atoms with Crippen molar-refractivity contribution in [1.29, 1.82) is 0 Å². The van der Waals surface area contributed by atoms with Crippen molar-refractivity contribution < 1.29 is 9.47 Å². The number of nitrogens with zero attached hydrogens (tertiary/aromatic N) is 1. The lowest BCUT2D eigenvalue weighted by Gasteiger charge is -2.14. The average Bonchev–Trinajstić information content (AvgIpc) is 2.86. The van der Waals surface area contributed by atoms with Crippen LogP contribution in [0.1, 0.15) is 12.0 Å². The topological polar surface area (TPSA) is 54.9 Å². The number of hydrogen-bond donors (Lipinski definition) is 2. The third-order valence-corrected chi connectivity index (χ3v) is 3.78. The van der Waals surface area contributed by atoms with E-state index in [0.29, 0.717) is 13.2 Å². The summed E-state index contributed by atoms with van der Waals surface area (Å²) in [6.07, 6.45) is 1.85. The van der Waals surface area contributed by atoms with Crippen LogP contribution in [0.15, 0.2) is 53.5 Å². The third-order valence-electron chi connectivity index (χ3n) is 3.78. The van der Waals surface area contributed by atoms with Gasteiger partial charge in [0, 0.05) is 31.8 Å². The van der Waals surface area contributed by atoms with Crippen molar-refractivity contribution in [3.05, 3.63) is 54.1 Å². The molecule has 0 aromatic heterocycles. The van der Waals surface area contributed by atoms with Gasteiger partial charge in [0.2, 0.25) is 0 Å². The smallest absolute Gasteiger partial charge is 0.195 e. The zero-order valence-electron chi connectivity index (χ0n) is 14.3. The van der Waals surface area contributed by atoms with Gasteiger partial charge in [0.15, 0.2) is 17.5 Å². The molecule has 1 heterocycles. The Labute approximate surface area is 165 Å². The number of guanidine groups is 1. The molecule has 1 aliphatic heterocycles. The molecule has 2 N–H and O–H groups in total. The molecule has 0 saturated carbocycles. The van der Waals surface area contributed by atoms with Gasteiger partial charge in [-0.15, -0.1) is 24.0 Å². The molecule has 134 valence electrons. The van der Waals surface area contributed by atoms with Crippen LogP contribution < -0.4 is 20.1 Å². The number of ether oxygens (including phenoxy) is 2. The Kier molecular flexibility index (Phi) is 7.84. The standard InChI is InChI=1S/C19H23N3O2.HI/c1-20-19(21-11-10-15-6-3-2-4-7-15)22-16-8-9-17-18(14-16)24-13-5-12-23-17;/h2-4,6-9,14H,5,10-13H2,1H3,(H2,20,21,22);1H. The van der Waals surface area contributed by atoms with Crippen molar-refractivity contribution in [3.63, 3.8) is 0 Å².